The fraction of sp³-hybridized carbons (Fsp3) is 0.300. The Labute approximate surface area is 98.5 Å². The first-order valence-electron chi connectivity index (χ1n) is 5.14. The van der Waals surface area contributed by atoms with Crippen LogP contribution in [0.5, 0.6) is 0 Å². The molecule has 1 aliphatic rings. The first kappa shape index (κ1) is 11.3. The van der Waals surface area contributed by atoms with Crippen molar-refractivity contribution in [2.45, 2.75) is 6.29 Å². The summed E-state index contributed by atoms with van der Waals surface area (Å²) in [7, 11) is 0. The van der Waals surface area contributed by atoms with Gasteiger partial charge in [-0.25, -0.2) is 4.39 Å². The molecule has 1 aromatic carbocycles. The van der Waals surface area contributed by atoms with Gasteiger partial charge in [-0.1, -0.05) is 0 Å². The highest BCUT2D eigenvalue weighted by atomic mass is 19.2. The van der Waals surface area contributed by atoms with Crippen LogP contribution in [-0.4, -0.2) is 23.2 Å². The van der Waals surface area contributed by atoms with E-state index in [4.69, 9.17) is 9.47 Å². The molecule has 0 aliphatic carbocycles. The van der Waals surface area contributed by atoms with Crippen molar-refractivity contribution in [2.24, 2.45) is 0 Å². The molecule has 0 amide bonds. The average Bonchev–Trinajstić information content (AvgIpc) is 2.95. The fourth-order valence-corrected chi connectivity index (χ4v) is 1.92. The van der Waals surface area contributed by atoms with Gasteiger partial charge < -0.3 is 14.7 Å². The van der Waals surface area contributed by atoms with Crippen LogP contribution in [0.1, 0.15) is 11.9 Å². The Bertz CT molecular complexity index is 623. The van der Waals surface area contributed by atoms with E-state index >= 15 is 0 Å². The van der Waals surface area contributed by atoms with E-state index in [2.05, 4.69) is 0 Å². The van der Waals surface area contributed by atoms with Crippen LogP contribution in [0.4, 0.5) is 13.3 Å². The van der Waals surface area contributed by atoms with Crippen molar-refractivity contribution in [1.29, 1.82) is 0 Å². The minimum Gasteiger partial charge on any atom is -0.347 e. The van der Waals surface area contributed by atoms with Gasteiger partial charge in [0.1, 0.15) is 0 Å². The number of imidazole rings is 1. The molecule has 0 spiro atoms. The quantitative estimate of drug-likeness (QED) is 0.785. The molecule has 0 bridgehead atoms. The van der Waals surface area contributed by atoms with Gasteiger partial charge in [0.25, 0.3) is 5.52 Å². The van der Waals surface area contributed by atoms with Crippen LogP contribution in [0.15, 0.2) is 12.1 Å². The topological polar surface area (TPSA) is 47.5 Å². The van der Waals surface area contributed by atoms with Gasteiger partial charge in [-0.05, 0) is 16.9 Å². The highest BCUT2D eigenvalue weighted by Gasteiger charge is 2.33. The molecule has 0 radical (unpaired) electrons. The third-order valence-corrected chi connectivity index (χ3v) is 2.76. The minimum absolute atomic E-state index is 0.0444. The molecular formula is C10H8F3N2O3+. The third kappa shape index (κ3) is 1.39. The summed E-state index contributed by atoms with van der Waals surface area (Å²) in [5, 5.41) is 9.21. The summed E-state index contributed by atoms with van der Waals surface area (Å²) in [5.74, 6) is -1.03. The minimum atomic E-state index is -1.62. The van der Waals surface area contributed by atoms with E-state index < -0.39 is 28.5 Å². The van der Waals surface area contributed by atoms with Crippen LogP contribution in [0.2, 0.25) is 0 Å². The van der Waals surface area contributed by atoms with Crippen LogP contribution >= 0.6 is 0 Å². The standard InChI is InChI=1S/C10H8F3N2O3/c11-7-5(9-17-3-4-18-9)1-2-6-8(7)14(13)10(12)15(6)16/h1-2,9,16H,3-4H2/q+1. The molecule has 1 aromatic heterocycles. The second kappa shape index (κ2) is 3.85. The van der Waals surface area contributed by atoms with Gasteiger partial charge in [0.05, 0.1) is 13.2 Å². The molecule has 8 heteroatoms. The maximum absolute atomic E-state index is 14.1. The van der Waals surface area contributed by atoms with Gasteiger partial charge in [-0.2, -0.15) is 0 Å². The van der Waals surface area contributed by atoms with E-state index in [1.807, 2.05) is 0 Å². The number of hydrogen-bond donors (Lipinski definition) is 1. The SMILES string of the molecule is On1c(F)[n+](F)c2c(F)c(C3OCCO3)ccc21. The van der Waals surface area contributed by atoms with Gasteiger partial charge in [-0.3, -0.25) is 0 Å². The van der Waals surface area contributed by atoms with Gasteiger partial charge in [-0.15, -0.1) is 4.39 Å². The first-order chi connectivity index (χ1) is 8.61. The number of ether oxygens (including phenoxy) is 2. The zero-order chi connectivity index (χ0) is 12.9. The van der Waals surface area contributed by atoms with Crippen LogP contribution in [0.3, 0.4) is 0 Å². The number of benzene rings is 1. The molecule has 0 unspecified atom stereocenters. The molecule has 0 saturated carbocycles. The lowest BCUT2D eigenvalue weighted by Gasteiger charge is -2.09. The number of rotatable bonds is 1. The van der Waals surface area contributed by atoms with Crippen molar-refractivity contribution in [3.8, 4) is 0 Å². The van der Waals surface area contributed by atoms with E-state index in [1.165, 1.54) is 12.1 Å². The average molecular weight is 261 g/mol. The third-order valence-electron chi connectivity index (χ3n) is 2.76. The van der Waals surface area contributed by atoms with E-state index in [0.717, 1.165) is 0 Å². The molecule has 2 heterocycles. The Morgan fingerprint density at radius 3 is 2.61 bits per heavy atom. The summed E-state index contributed by atoms with van der Waals surface area (Å²) in [6.07, 6.45) is -2.56. The first-order valence-corrected chi connectivity index (χ1v) is 5.14. The van der Waals surface area contributed by atoms with Crippen LogP contribution in [0.25, 0.3) is 11.0 Å². The maximum atomic E-state index is 14.1. The van der Waals surface area contributed by atoms with E-state index in [1.54, 1.807) is 0 Å². The fourth-order valence-electron chi connectivity index (χ4n) is 1.92. The Morgan fingerprint density at radius 2 is 1.94 bits per heavy atom. The lowest BCUT2D eigenvalue weighted by atomic mass is 10.2. The number of fused-ring (bicyclic) bond motifs is 1. The molecule has 5 nitrogen and oxygen atoms in total. The lowest BCUT2D eigenvalue weighted by Crippen LogP contribution is -2.27. The van der Waals surface area contributed by atoms with Crippen molar-refractivity contribution in [1.82, 2.24) is 4.73 Å². The van der Waals surface area contributed by atoms with E-state index in [-0.39, 0.29) is 15.8 Å². The number of hydrogen-bond acceptors (Lipinski definition) is 3. The Balaban J connectivity index is 2.25. The Morgan fingerprint density at radius 1 is 1.28 bits per heavy atom. The zero-order valence-corrected chi connectivity index (χ0v) is 8.94. The molecule has 18 heavy (non-hydrogen) atoms. The summed E-state index contributed by atoms with van der Waals surface area (Å²) in [4.78, 5) is -0.566. The zero-order valence-electron chi connectivity index (χ0n) is 8.94. The van der Waals surface area contributed by atoms with Crippen molar-refractivity contribution in [3.63, 3.8) is 0 Å². The summed E-state index contributed by atoms with van der Waals surface area (Å²) in [6, 6.07) is 2.43. The van der Waals surface area contributed by atoms with Crippen molar-refractivity contribution < 1.29 is 32.7 Å². The monoisotopic (exact) mass is 261 g/mol. The van der Waals surface area contributed by atoms with Gasteiger partial charge in [0.15, 0.2) is 12.1 Å². The van der Waals surface area contributed by atoms with Gasteiger partial charge in [0.2, 0.25) is 5.52 Å². The van der Waals surface area contributed by atoms with Crippen molar-refractivity contribution in [3.05, 3.63) is 29.6 Å². The van der Waals surface area contributed by atoms with Gasteiger partial charge >= 0.3 is 6.08 Å². The molecular weight excluding hydrogens is 253 g/mol. The lowest BCUT2D eigenvalue weighted by molar-refractivity contribution is -0.846. The predicted molar refractivity (Wildman–Crippen MR) is 50.4 cm³/mol. The number of halogens is 3. The highest BCUT2D eigenvalue weighted by Crippen LogP contribution is 2.29. The summed E-state index contributed by atoms with van der Waals surface area (Å²) >= 11 is 0. The Hall–Kier alpha value is -1.80. The molecule has 1 N–H and O–H groups in total. The van der Waals surface area contributed by atoms with Crippen LogP contribution < -0.4 is 4.79 Å². The summed E-state index contributed by atoms with van der Waals surface area (Å²) in [5.41, 5.74) is -1.07. The highest BCUT2D eigenvalue weighted by molar-refractivity contribution is 5.73. The largest absolute Gasteiger partial charge is 0.523 e. The second-order valence-electron chi connectivity index (χ2n) is 3.77. The Kier molecular flexibility index (Phi) is 2.42. The molecule has 1 saturated heterocycles. The maximum Gasteiger partial charge on any atom is 0.523 e. The normalized spacial score (nSPS) is 16.8. The van der Waals surface area contributed by atoms with Crippen molar-refractivity contribution >= 4 is 11.0 Å². The second-order valence-corrected chi connectivity index (χ2v) is 3.77. The van der Waals surface area contributed by atoms with Crippen LogP contribution in [0, 0.1) is 11.9 Å². The van der Waals surface area contributed by atoms with Crippen LogP contribution in [-0.2, 0) is 9.47 Å². The molecule has 2 aromatic rings. The number of nitrogens with zero attached hydrogens (tertiary/aromatic N) is 2. The molecule has 3 rings (SSSR count). The molecule has 1 aliphatic heterocycles. The van der Waals surface area contributed by atoms with Gasteiger partial charge in [0, 0.05) is 14.8 Å². The smallest absolute Gasteiger partial charge is 0.347 e. The molecule has 0 atom stereocenters. The molecule has 96 valence electrons. The van der Waals surface area contributed by atoms with E-state index in [0.29, 0.717) is 13.2 Å². The number of aromatic nitrogens is 2. The molecule has 1 fully saturated rings. The van der Waals surface area contributed by atoms with Crippen molar-refractivity contribution in [2.75, 3.05) is 13.2 Å². The summed E-state index contributed by atoms with van der Waals surface area (Å²) < 4.78 is 50.7. The predicted octanol–water partition coefficient (Wildman–Crippen LogP) is 1.22. The summed E-state index contributed by atoms with van der Waals surface area (Å²) in [6.45, 7) is 0.598. The van der Waals surface area contributed by atoms with E-state index in [9.17, 15) is 18.5 Å².